The van der Waals surface area contributed by atoms with Crippen LogP contribution in [0.2, 0.25) is 10.0 Å². The summed E-state index contributed by atoms with van der Waals surface area (Å²) in [4.78, 5) is 15.2. The smallest absolute Gasteiger partial charge is 0.250 e. The molecule has 0 unspecified atom stereocenters. The van der Waals surface area contributed by atoms with Crippen LogP contribution >= 0.6 is 23.2 Å². The fourth-order valence-corrected chi connectivity index (χ4v) is 5.25. The van der Waals surface area contributed by atoms with Crippen molar-refractivity contribution in [2.75, 3.05) is 22.0 Å². The number of sulfonamides is 1. The summed E-state index contributed by atoms with van der Waals surface area (Å²) in [5.74, 6) is -0.267. The summed E-state index contributed by atoms with van der Waals surface area (Å²) in [6, 6.07) is 11.4. The number of halogens is 2. The summed E-state index contributed by atoms with van der Waals surface area (Å²) in [6.45, 7) is 2.34. The van der Waals surface area contributed by atoms with Gasteiger partial charge in [-0.3, -0.25) is 9.10 Å². The average Bonchev–Trinajstić information content (AvgIpc) is 2.66. The molecule has 1 heterocycles. The zero-order valence-electron chi connectivity index (χ0n) is 15.7. The number of nitrogens with zero attached hydrogens (tertiary/aromatic N) is 2. The van der Waals surface area contributed by atoms with Gasteiger partial charge in [0.25, 0.3) is 5.91 Å². The Labute approximate surface area is 175 Å². The molecule has 0 bridgehead atoms. The second kappa shape index (κ2) is 8.31. The molecule has 1 aliphatic rings. The normalized spacial score (nSPS) is 15.1. The van der Waals surface area contributed by atoms with Crippen molar-refractivity contribution in [1.29, 1.82) is 0 Å². The lowest BCUT2D eigenvalue weighted by molar-refractivity contribution is -0.119. The van der Waals surface area contributed by atoms with Crippen LogP contribution in [-0.4, -0.2) is 33.2 Å². The number of amides is 1. The second-order valence-corrected chi connectivity index (χ2v) is 9.50. The van der Waals surface area contributed by atoms with Crippen LogP contribution in [0, 0.1) is 0 Å². The largest absolute Gasteiger partial charge is 0.310 e. The highest BCUT2D eigenvalue weighted by Gasteiger charge is 2.37. The molecule has 0 saturated carbocycles. The Hall–Kier alpha value is -1.76. The van der Waals surface area contributed by atoms with Gasteiger partial charge in [0.15, 0.2) is 0 Å². The first-order chi connectivity index (χ1) is 13.2. The Morgan fingerprint density at radius 3 is 2.61 bits per heavy atom. The number of anilines is 2. The van der Waals surface area contributed by atoms with Crippen molar-refractivity contribution < 1.29 is 13.2 Å². The van der Waals surface area contributed by atoms with Gasteiger partial charge in [0, 0.05) is 17.3 Å². The van der Waals surface area contributed by atoms with E-state index in [-0.39, 0.29) is 16.6 Å². The number of fused-ring (bicyclic) bond motifs is 1. The summed E-state index contributed by atoms with van der Waals surface area (Å²) >= 11 is 12.4. The number of aryl methyl sites for hydroxylation is 1. The van der Waals surface area contributed by atoms with E-state index in [9.17, 15) is 13.2 Å². The quantitative estimate of drug-likeness (QED) is 0.686. The van der Waals surface area contributed by atoms with Crippen LogP contribution in [0.3, 0.4) is 0 Å². The monoisotopic (exact) mass is 440 g/mol. The molecule has 2 aromatic rings. The third-order valence-corrected chi connectivity index (χ3v) is 6.55. The predicted molar refractivity (Wildman–Crippen MR) is 115 cm³/mol. The van der Waals surface area contributed by atoms with Gasteiger partial charge in [-0.2, -0.15) is 0 Å². The van der Waals surface area contributed by atoms with E-state index in [2.05, 4.69) is 0 Å². The molecule has 0 saturated heterocycles. The number of benzene rings is 2. The molecule has 8 heteroatoms. The van der Waals surface area contributed by atoms with Crippen molar-refractivity contribution in [3.63, 3.8) is 0 Å². The molecule has 5 nitrogen and oxygen atoms in total. The fraction of sp³-hybridized carbons (Fsp3) is 0.350. The minimum Gasteiger partial charge on any atom is -0.310 e. The molecular weight excluding hydrogens is 419 g/mol. The third-order valence-electron chi connectivity index (χ3n) is 4.83. The standard InChI is InChI=1S/C20H22Cl2N2O3S/c1-3-17(20(25)23-12-6-8-14-7-4-5-9-18(14)23)24(28(2,26)27)19-13-15(21)10-11-16(19)22/h4-5,7,9-11,13,17H,3,6,8,12H2,1-2H3/t17-/m1/s1. The van der Waals surface area contributed by atoms with E-state index < -0.39 is 16.1 Å². The van der Waals surface area contributed by atoms with Crippen LogP contribution in [0.25, 0.3) is 0 Å². The molecule has 1 atom stereocenters. The van der Waals surface area contributed by atoms with E-state index >= 15 is 0 Å². The first kappa shape index (κ1) is 21.0. The molecule has 0 fully saturated rings. The summed E-state index contributed by atoms with van der Waals surface area (Å²) in [5.41, 5.74) is 2.13. The van der Waals surface area contributed by atoms with Crippen molar-refractivity contribution >= 4 is 50.5 Å². The zero-order chi connectivity index (χ0) is 20.5. The lowest BCUT2D eigenvalue weighted by atomic mass is 10.0. The van der Waals surface area contributed by atoms with Crippen LogP contribution in [0.1, 0.15) is 25.3 Å². The maximum Gasteiger partial charge on any atom is 0.250 e. The molecule has 2 aromatic carbocycles. The molecule has 28 heavy (non-hydrogen) atoms. The number of hydrogen-bond donors (Lipinski definition) is 0. The van der Waals surface area contributed by atoms with Gasteiger partial charge in [-0.1, -0.05) is 48.3 Å². The maximum atomic E-state index is 13.5. The Kier molecular flexibility index (Phi) is 6.22. The molecular formula is C20H22Cl2N2O3S. The van der Waals surface area contributed by atoms with Gasteiger partial charge in [0.05, 0.1) is 17.0 Å². The fourth-order valence-electron chi connectivity index (χ4n) is 3.62. The molecule has 0 N–H and O–H groups in total. The van der Waals surface area contributed by atoms with Crippen molar-refractivity contribution in [3.8, 4) is 0 Å². The van der Waals surface area contributed by atoms with E-state index in [4.69, 9.17) is 23.2 Å². The van der Waals surface area contributed by atoms with Crippen LogP contribution < -0.4 is 9.21 Å². The zero-order valence-corrected chi connectivity index (χ0v) is 18.1. The van der Waals surface area contributed by atoms with Crippen LogP contribution in [0.15, 0.2) is 42.5 Å². The Bertz CT molecular complexity index is 995. The molecule has 0 spiro atoms. The molecule has 3 rings (SSSR count). The first-order valence-corrected chi connectivity index (χ1v) is 11.7. The lowest BCUT2D eigenvalue weighted by Crippen LogP contribution is -2.52. The Balaban J connectivity index is 2.07. The van der Waals surface area contributed by atoms with Crippen LogP contribution in [0.4, 0.5) is 11.4 Å². The minimum atomic E-state index is -3.79. The lowest BCUT2D eigenvalue weighted by Gasteiger charge is -2.36. The van der Waals surface area contributed by atoms with Gasteiger partial charge in [-0.25, -0.2) is 8.42 Å². The summed E-state index contributed by atoms with van der Waals surface area (Å²) in [5, 5.41) is 0.568. The van der Waals surface area contributed by atoms with E-state index in [1.807, 2.05) is 24.3 Å². The molecule has 1 aliphatic heterocycles. The third kappa shape index (κ3) is 4.14. The highest BCUT2D eigenvalue weighted by Crippen LogP contribution is 2.35. The Morgan fingerprint density at radius 1 is 1.21 bits per heavy atom. The molecule has 0 aromatic heterocycles. The average molecular weight is 441 g/mol. The first-order valence-electron chi connectivity index (χ1n) is 9.07. The van der Waals surface area contributed by atoms with E-state index in [1.165, 1.54) is 12.1 Å². The SMILES string of the molecule is CC[C@H](C(=O)N1CCCc2ccccc21)N(c1cc(Cl)ccc1Cl)S(C)(=O)=O. The Morgan fingerprint density at radius 2 is 1.93 bits per heavy atom. The van der Waals surface area contributed by atoms with Crippen molar-refractivity contribution in [2.24, 2.45) is 0 Å². The number of carbonyl (C=O) groups excluding carboxylic acids is 1. The van der Waals surface area contributed by atoms with Gasteiger partial charge in [0.2, 0.25) is 10.0 Å². The van der Waals surface area contributed by atoms with Gasteiger partial charge < -0.3 is 4.90 Å². The number of carbonyl (C=O) groups is 1. The number of rotatable bonds is 5. The number of para-hydroxylation sites is 1. The summed E-state index contributed by atoms with van der Waals surface area (Å²) < 4.78 is 26.5. The van der Waals surface area contributed by atoms with Gasteiger partial charge in [0.1, 0.15) is 6.04 Å². The number of hydrogen-bond acceptors (Lipinski definition) is 3. The predicted octanol–water partition coefficient (Wildman–Crippen LogP) is 4.52. The topological polar surface area (TPSA) is 57.7 Å². The van der Waals surface area contributed by atoms with Crippen molar-refractivity contribution in [1.82, 2.24) is 0 Å². The van der Waals surface area contributed by atoms with Gasteiger partial charge >= 0.3 is 0 Å². The van der Waals surface area contributed by atoms with E-state index in [0.717, 1.165) is 34.7 Å². The van der Waals surface area contributed by atoms with Crippen molar-refractivity contribution in [2.45, 2.75) is 32.2 Å². The molecule has 1 amide bonds. The van der Waals surface area contributed by atoms with Crippen LogP contribution in [0.5, 0.6) is 0 Å². The molecule has 0 radical (unpaired) electrons. The van der Waals surface area contributed by atoms with E-state index in [1.54, 1.807) is 17.9 Å². The van der Waals surface area contributed by atoms with Crippen molar-refractivity contribution in [3.05, 3.63) is 58.1 Å². The molecule has 150 valence electrons. The summed E-state index contributed by atoms with van der Waals surface area (Å²) in [7, 11) is -3.79. The minimum absolute atomic E-state index is 0.210. The highest BCUT2D eigenvalue weighted by molar-refractivity contribution is 7.92. The van der Waals surface area contributed by atoms with E-state index in [0.29, 0.717) is 18.0 Å². The molecule has 0 aliphatic carbocycles. The van der Waals surface area contributed by atoms with Crippen LogP contribution in [-0.2, 0) is 21.2 Å². The second-order valence-electron chi connectivity index (χ2n) is 6.80. The van der Waals surface area contributed by atoms with Gasteiger partial charge in [-0.05, 0) is 49.1 Å². The maximum absolute atomic E-state index is 13.5. The highest BCUT2D eigenvalue weighted by atomic mass is 35.5. The van der Waals surface area contributed by atoms with Gasteiger partial charge in [-0.15, -0.1) is 0 Å². The summed E-state index contributed by atoms with van der Waals surface area (Å²) in [6.07, 6.45) is 3.10.